The smallest absolute Gasteiger partial charge is 0.375 e. The van der Waals surface area contributed by atoms with E-state index in [4.69, 9.17) is 21.2 Å². The Bertz CT molecular complexity index is 604. The normalized spacial score (nSPS) is 10.6. The largest absolute Gasteiger partial charge is 0.475 e. The summed E-state index contributed by atoms with van der Waals surface area (Å²) < 4.78 is 4.89. The summed E-state index contributed by atoms with van der Waals surface area (Å²) in [7, 11) is 0. The summed E-state index contributed by atoms with van der Waals surface area (Å²) in [6.45, 7) is 3.75. The fourth-order valence-corrected chi connectivity index (χ4v) is 1.94. The third kappa shape index (κ3) is 2.11. The summed E-state index contributed by atoms with van der Waals surface area (Å²) in [5, 5.41) is 13.5. The van der Waals surface area contributed by atoms with Gasteiger partial charge in [-0.25, -0.2) is 4.79 Å². The van der Waals surface area contributed by atoms with Crippen LogP contribution < -0.4 is 0 Å². The summed E-state index contributed by atoms with van der Waals surface area (Å²) in [4.78, 5) is 11.0. The lowest BCUT2D eigenvalue weighted by atomic mass is 10.0. The molecule has 0 saturated heterocycles. The molecule has 94 valence electrons. The van der Waals surface area contributed by atoms with E-state index in [2.05, 4.69) is 5.16 Å². The number of rotatable bonds is 3. The lowest BCUT2D eigenvalue weighted by Crippen LogP contribution is -1.98. The molecule has 1 aromatic heterocycles. The number of hydrogen-bond acceptors (Lipinski definition) is 3. The molecule has 1 N–H and O–H groups in total. The highest BCUT2D eigenvalue weighted by molar-refractivity contribution is 6.31. The average Bonchev–Trinajstić information content (AvgIpc) is 2.76. The molecule has 2 rings (SSSR count). The van der Waals surface area contributed by atoms with E-state index in [1.165, 1.54) is 0 Å². The summed E-state index contributed by atoms with van der Waals surface area (Å²) in [6, 6.07) is 5.43. The predicted molar refractivity (Wildman–Crippen MR) is 68.0 cm³/mol. The Morgan fingerprint density at radius 3 is 2.78 bits per heavy atom. The van der Waals surface area contributed by atoms with Crippen LogP contribution in [0, 0.1) is 6.92 Å². The molecule has 1 heterocycles. The van der Waals surface area contributed by atoms with Crippen molar-refractivity contribution in [2.24, 2.45) is 0 Å². The van der Waals surface area contributed by atoms with Crippen molar-refractivity contribution in [2.45, 2.75) is 20.3 Å². The lowest BCUT2D eigenvalue weighted by molar-refractivity contribution is 0.0650. The number of hydrogen-bond donors (Lipinski definition) is 1. The molecule has 0 bridgehead atoms. The molecule has 0 atom stereocenters. The second-order valence-corrected chi connectivity index (χ2v) is 4.37. The van der Waals surface area contributed by atoms with Gasteiger partial charge < -0.3 is 9.63 Å². The Hall–Kier alpha value is -1.81. The molecule has 5 heteroatoms. The van der Waals surface area contributed by atoms with Crippen molar-refractivity contribution in [3.8, 4) is 11.3 Å². The molecule has 0 fully saturated rings. The van der Waals surface area contributed by atoms with E-state index in [1.807, 2.05) is 19.9 Å². The summed E-state index contributed by atoms with van der Waals surface area (Å²) >= 11 is 5.96. The van der Waals surface area contributed by atoms with Crippen molar-refractivity contribution in [1.82, 2.24) is 5.16 Å². The molecular formula is C13H12ClNO3. The molecule has 0 spiro atoms. The lowest BCUT2D eigenvalue weighted by Gasteiger charge is -2.02. The Balaban J connectivity index is 2.57. The van der Waals surface area contributed by atoms with Crippen LogP contribution in [-0.4, -0.2) is 16.2 Å². The van der Waals surface area contributed by atoms with Crippen LogP contribution in [0.25, 0.3) is 11.3 Å². The number of aromatic carboxylic acids is 1. The van der Waals surface area contributed by atoms with Gasteiger partial charge in [0.05, 0.1) is 0 Å². The van der Waals surface area contributed by atoms with Crippen LogP contribution in [0.4, 0.5) is 0 Å². The molecule has 0 unspecified atom stereocenters. The number of aromatic nitrogens is 1. The van der Waals surface area contributed by atoms with E-state index in [1.54, 1.807) is 12.1 Å². The van der Waals surface area contributed by atoms with E-state index in [0.717, 1.165) is 11.1 Å². The Morgan fingerprint density at radius 2 is 2.22 bits per heavy atom. The van der Waals surface area contributed by atoms with Crippen LogP contribution in [0.3, 0.4) is 0 Å². The minimum Gasteiger partial charge on any atom is -0.475 e. The van der Waals surface area contributed by atoms with E-state index >= 15 is 0 Å². The number of halogens is 1. The first-order valence-electron chi connectivity index (χ1n) is 5.53. The van der Waals surface area contributed by atoms with Gasteiger partial charge in [-0.2, -0.15) is 0 Å². The van der Waals surface area contributed by atoms with Crippen molar-refractivity contribution in [3.05, 3.63) is 40.1 Å². The van der Waals surface area contributed by atoms with Gasteiger partial charge in [-0.3, -0.25) is 0 Å². The fraction of sp³-hybridized carbons (Fsp3) is 0.231. The summed E-state index contributed by atoms with van der Waals surface area (Å²) in [5.41, 5.74) is 2.89. The first-order chi connectivity index (χ1) is 8.54. The average molecular weight is 266 g/mol. The van der Waals surface area contributed by atoms with E-state index in [9.17, 15) is 4.79 Å². The molecule has 4 nitrogen and oxygen atoms in total. The van der Waals surface area contributed by atoms with Gasteiger partial charge >= 0.3 is 5.97 Å². The van der Waals surface area contributed by atoms with Gasteiger partial charge in [0.2, 0.25) is 5.76 Å². The van der Waals surface area contributed by atoms with E-state index in [0.29, 0.717) is 22.7 Å². The number of benzene rings is 1. The Kier molecular flexibility index (Phi) is 3.39. The molecular weight excluding hydrogens is 254 g/mol. The van der Waals surface area contributed by atoms with Gasteiger partial charge in [-0.05, 0) is 31.0 Å². The molecule has 1 aromatic carbocycles. The molecule has 0 aliphatic rings. The topological polar surface area (TPSA) is 63.3 Å². The highest BCUT2D eigenvalue weighted by Gasteiger charge is 2.21. The van der Waals surface area contributed by atoms with Gasteiger partial charge in [-0.15, -0.1) is 0 Å². The van der Waals surface area contributed by atoms with Crippen molar-refractivity contribution in [1.29, 1.82) is 0 Å². The minimum absolute atomic E-state index is 0.0971. The molecule has 2 aromatic rings. The first-order valence-corrected chi connectivity index (χ1v) is 5.90. The standard InChI is InChI=1S/C13H12ClNO3/c1-3-9-11(15-18-12(9)13(16)17)8-4-5-10(14)7(2)6-8/h4-6H,3H2,1-2H3,(H,16,17). The first kappa shape index (κ1) is 12.6. The monoisotopic (exact) mass is 265 g/mol. The summed E-state index contributed by atoms with van der Waals surface area (Å²) in [5.74, 6) is -1.20. The zero-order chi connectivity index (χ0) is 13.3. The van der Waals surface area contributed by atoms with Crippen LogP contribution in [0.5, 0.6) is 0 Å². The van der Waals surface area contributed by atoms with Gasteiger partial charge in [0, 0.05) is 16.1 Å². The number of aryl methyl sites for hydroxylation is 1. The van der Waals surface area contributed by atoms with Crippen LogP contribution in [0.15, 0.2) is 22.7 Å². The van der Waals surface area contributed by atoms with E-state index in [-0.39, 0.29) is 5.76 Å². The zero-order valence-electron chi connectivity index (χ0n) is 10.0. The van der Waals surface area contributed by atoms with Crippen LogP contribution in [0.1, 0.15) is 28.6 Å². The highest BCUT2D eigenvalue weighted by Crippen LogP contribution is 2.28. The quantitative estimate of drug-likeness (QED) is 0.921. The fourth-order valence-electron chi connectivity index (χ4n) is 1.82. The number of carboxylic acid groups (broad SMARTS) is 1. The van der Waals surface area contributed by atoms with Crippen molar-refractivity contribution in [2.75, 3.05) is 0 Å². The number of carboxylic acids is 1. The van der Waals surface area contributed by atoms with Crippen molar-refractivity contribution >= 4 is 17.6 Å². The van der Waals surface area contributed by atoms with E-state index < -0.39 is 5.97 Å². The third-order valence-electron chi connectivity index (χ3n) is 2.77. The third-order valence-corrected chi connectivity index (χ3v) is 3.19. The molecule has 0 amide bonds. The minimum atomic E-state index is -1.10. The molecule has 0 radical (unpaired) electrons. The maximum atomic E-state index is 11.0. The van der Waals surface area contributed by atoms with Crippen molar-refractivity contribution in [3.63, 3.8) is 0 Å². The molecule has 0 saturated carbocycles. The van der Waals surface area contributed by atoms with Gasteiger partial charge in [0.15, 0.2) is 0 Å². The molecule has 0 aliphatic heterocycles. The Labute approximate surface area is 109 Å². The second kappa shape index (κ2) is 4.82. The number of nitrogens with zero attached hydrogens (tertiary/aromatic N) is 1. The summed E-state index contributed by atoms with van der Waals surface area (Å²) in [6.07, 6.45) is 0.544. The SMILES string of the molecule is CCc1c(-c2ccc(Cl)c(C)c2)noc1C(=O)O. The highest BCUT2D eigenvalue weighted by atomic mass is 35.5. The molecule has 18 heavy (non-hydrogen) atoms. The second-order valence-electron chi connectivity index (χ2n) is 3.96. The van der Waals surface area contributed by atoms with Gasteiger partial charge in [0.1, 0.15) is 5.69 Å². The Morgan fingerprint density at radius 1 is 1.50 bits per heavy atom. The number of carbonyl (C=O) groups is 1. The van der Waals surface area contributed by atoms with Gasteiger partial charge in [-0.1, -0.05) is 29.7 Å². The maximum absolute atomic E-state index is 11.0. The van der Waals surface area contributed by atoms with Crippen LogP contribution in [-0.2, 0) is 6.42 Å². The van der Waals surface area contributed by atoms with Gasteiger partial charge in [0.25, 0.3) is 0 Å². The predicted octanol–water partition coefficient (Wildman–Crippen LogP) is 3.56. The maximum Gasteiger partial charge on any atom is 0.375 e. The molecule has 0 aliphatic carbocycles. The zero-order valence-corrected chi connectivity index (χ0v) is 10.8. The van der Waals surface area contributed by atoms with Crippen molar-refractivity contribution < 1.29 is 14.4 Å². The van der Waals surface area contributed by atoms with Crippen LogP contribution in [0.2, 0.25) is 5.02 Å². The van der Waals surface area contributed by atoms with Crippen LogP contribution >= 0.6 is 11.6 Å².